The highest BCUT2D eigenvalue weighted by Crippen LogP contribution is 2.36. The first-order valence-corrected chi connectivity index (χ1v) is 7.48. The van der Waals surface area contributed by atoms with Gasteiger partial charge in [-0.1, -0.05) is 24.1 Å². The maximum atomic E-state index is 12.5. The standard InChI is InChI=1S/C17H21N3O/c1-3-14(2)19-11-9-17(10-12-19)16(21)18-13-20(17)15-7-5-4-6-8-15/h1,4-8,14H,9-13H2,2H3,(H,18,21)/t14-/m0/s1. The Bertz CT molecular complexity index is 555. The van der Waals surface area contributed by atoms with E-state index in [1.807, 2.05) is 25.1 Å². The van der Waals surface area contributed by atoms with Crippen molar-refractivity contribution in [2.24, 2.45) is 0 Å². The molecule has 2 aliphatic rings. The monoisotopic (exact) mass is 283 g/mol. The predicted molar refractivity (Wildman–Crippen MR) is 83.8 cm³/mol. The number of hydrogen-bond acceptors (Lipinski definition) is 3. The van der Waals surface area contributed by atoms with Crippen LogP contribution in [0.4, 0.5) is 5.69 Å². The molecule has 2 aliphatic heterocycles. The summed E-state index contributed by atoms with van der Waals surface area (Å²) in [6.07, 6.45) is 7.15. The van der Waals surface area contributed by atoms with Gasteiger partial charge in [-0.25, -0.2) is 0 Å². The van der Waals surface area contributed by atoms with E-state index in [0.29, 0.717) is 6.67 Å². The van der Waals surface area contributed by atoms with Gasteiger partial charge in [0.15, 0.2) is 0 Å². The van der Waals surface area contributed by atoms with Crippen LogP contribution in [-0.2, 0) is 4.79 Å². The summed E-state index contributed by atoms with van der Waals surface area (Å²) in [5, 5.41) is 3.01. The van der Waals surface area contributed by atoms with Crippen LogP contribution < -0.4 is 10.2 Å². The third kappa shape index (κ3) is 2.28. The highest BCUT2D eigenvalue weighted by Gasteiger charge is 2.50. The number of nitrogens with zero attached hydrogens (tertiary/aromatic N) is 2. The molecule has 1 spiro atoms. The van der Waals surface area contributed by atoms with Gasteiger partial charge >= 0.3 is 0 Å². The molecule has 1 atom stereocenters. The summed E-state index contributed by atoms with van der Waals surface area (Å²) < 4.78 is 0. The minimum atomic E-state index is -0.411. The van der Waals surface area contributed by atoms with E-state index in [-0.39, 0.29) is 11.9 Å². The number of rotatable bonds is 2. The summed E-state index contributed by atoms with van der Waals surface area (Å²) in [6.45, 7) is 4.36. The Balaban J connectivity index is 1.83. The van der Waals surface area contributed by atoms with Crippen molar-refractivity contribution in [2.75, 3.05) is 24.7 Å². The van der Waals surface area contributed by atoms with Gasteiger partial charge in [0, 0.05) is 18.8 Å². The molecule has 1 aromatic rings. The number of carbonyl (C=O) groups excluding carboxylic acids is 1. The molecule has 3 rings (SSSR count). The van der Waals surface area contributed by atoms with E-state index in [9.17, 15) is 4.79 Å². The van der Waals surface area contributed by atoms with Gasteiger partial charge in [0.25, 0.3) is 0 Å². The van der Waals surface area contributed by atoms with Crippen LogP contribution in [0.25, 0.3) is 0 Å². The summed E-state index contributed by atoms with van der Waals surface area (Å²) in [5.74, 6) is 2.93. The number of carbonyl (C=O) groups is 1. The van der Waals surface area contributed by atoms with Crippen molar-refractivity contribution in [1.29, 1.82) is 0 Å². The van der Waals surface area contributed by atoms with Crippen molar-refractivity contribution in [1.82, 2.24) is 10.2 Å². The molecule has 0 aromatic heterocycles. The predicted octanol–water partition coefficient (Wildman–Crippen LogP) is 1.44. The molecular weight excluding hydrogens is 262 g/mol. The third-order valence-electron chi connectivity index (χ3n) is 4.82. The minimum Gasteiger partial charge on any atom is -0.339 e. The van der Waals surface area contributed by atoms with Gasteiger partial charge in [-0.05, 0) is 31.9 Å². The second-order valence-electron chi connectivity index (χ2n) is 5.84. The van der Waals surface area contributed by atoms with Gasteiger partial charge < -0.3 is 10.2 Å². The number of terminal acetylenes is 1. The zero-order valence-electron chi connectivity index (χ0n) is 12.4. The SMILES string of the molecule is C#C[C@H](C)N1CCC2(CC1)C(=O)NCN2c1ccccc1. The highest BCUT2D eigenvalue weighted by atomic mass is 16.2. The number of benzene rings is 1. The molecule has 2 heterocycles. The van der Waals surface area contributed by atoms with Crippen LogP contribution in [0.2, 0.25) is 0 Å². The lowest BCUT2D eigenvalue weighted by Crippen LogP contribution is -2.57. The smallest absolute Gasteiger partial charge is 0.247 e. The lowest BCUT2D eigenvalue weighted by molar-refractivity contribution is -0.125. The maximum absolute atomic E-state index is 12.5. The Morgan fingerprint density at radius 2 is 1.95 bits per heavy atom. The summed E-state index contributed by atoms with van der Waals surface area (Å²) >= 11 is 0. The topological polar surface area (TPSA) is 35.6 Å². The quantitative estimate of drug-likeness (QED) is 0.834. The lowest BCUT2D eigenvalue weighted by Gasteiger charge is -2.44. The van der Waals surface area contributed by atoms with E-state index in [1.54, 1.807) is 0 Å². The summed E-state index contributed by atoms with van der Waals surface area (Å²) in [5.41, 5.74) is 0.695. The molecule has 1 amide bonds. The van der Waals surface area contributed by atoms with Crippen molar-refractivity contribution >= 4 is 11.6 Å². The van der Waals surface area contributed by atoms with Crippen LogP contribution in [0.5, 0.6) is 0 Å². The molecule has 2 saturated heterocycles. The molecular formula is C17H21N3O. The van der Waals surface area contributed by atoms with E-state index in [4.69, 9.17) is 6.42 Å². The second kappa shape index (κ2) is 5.42. The second-order valence-corrected chi connectivity index (χ2v) is 5.84. The van der Waals surface area contributed by atoms with E-state index in [0.717, 1.165) is 31.6 Å². The summed E-state index contributed by atoms with van der Waals surface area (Å²) in [7, 11) is 0. The van der Waals surface area contributed by atoms with Crippen LogP contribution in [0.15, 0.2) is 30.3 Å². The Morgan fingerprint density at radius 1 is 1.29 bits per heavy atom. The van der Waals surface area contributed by atoms with E-state index in [1.165, 1.54) is 0 Å². The minimum absolute atomic E-state index is 0.136. The van der Waals surface area contributed by atoms with Crippen molar-refractivity contribution in [3.63, 3.8) is 0 Å². The fraction of sp³-hybridized carbons (Fsp3) is 0.471. The van der Waals surface area contributed by atoms with Gasteiger partial charge in [-0.2, -0.15) is 0 Å². The number of likely N-dealkylation sites (tertiary alicyclic amines) is 1. The Kier molecular flexibility index (Phi) is 3.60. The lowest BCUT2D eigenvalue weighted by atomic mass is 9.85. The fourth-order valence-electron chi connectivity index (χ4n) is 3.42. The Hall–Kier alpha value is -1.99. The molecule has 0 aliphatic carbocycles. The number of para-hydroxylation sites is 1. The maximum Gasteiger partial charge on any atom is 0.247 e. The third-order valence-corrected chi connectivity index (χ3v) is 4.82. The van der Waals surface area contributed by atoms with Crippen molar-refractivity contribution in [3.05, 3.63) is 30.3 Å². The molecule has 0 radical (unpaired) electrons. The van der Waals surface area contributed by atoms with E-state index in [2.05, 4.69) is 33.2 Å². The first-order valence-electron chi connectivity index (χ1n) is 7.48. The molecule has 21 heavy (non-hydrogen) atoms. The molecule has 2 fully saturated rings. The average Bonchev–Trinajstić information content (AvgIpc) is 2.85. The summed E-state index contributed by atoms with van der Waals surface area (Å²) in [4.78, 5) is 17.0. The van der Waals surface area contributed by atoms with E-state index < -0.39 is 5.54 Å². The molecule has 0 saturated carbocycles. The molecule has 1 aromatic carbocycles. The largest absolute Gasteiger partial charge is 0.339 e. The number of piperidine rings is 1. The van der Waals surface area contributed by atoms with Gasteiger partial charge in [0.1, 0.15) is 5.54 Å². The number of nitrogens with one attached hydrogen (secondary N) is 1. The van der Waals surface area contributed by atoms with Crippen LogP contribution in [-0.4, -0.2) is 42.1 Å². The fourth-order valence-corrected chi connectivity index (χ4v) is 3.42. The van der Waals surface area contributed by atoms with Crippen molar-refractivity contribution < 1.29 is 4.79 Å². The molecule has 1 N–H and O–H groups in total. The first kappa shape index (κ1) is 14.0. The zero-order chi connectivity index (χ0) is 14.9. The molecule has 0 unspecified atom stereocenters. The van der Waals surface area contributed by atoms with Crippen LogP contribution in [0, 0.1) is 12.3 Å². The van der Waals surface area contributed by atoms with E-state index >= 15 is 0 Å². The molecule has 4 nitrogen and oxygen atoms in total. The number of hydrogen-bond donors (Lipinski definition) is 1. The Morgan fingerprint density at radius 3 is 2.57 bits per heavy atom. The van der Waals surface area contributed by atoms with Gasteiger partial charge in [0.2, 0.25) is 5.91 Å². The first-order chi connectivity index (χ1) is 10.2. The highest BCUT2D eigenvalue weighted by molar-refractivity contribution is 5.93. The number of amides is 1. The van der Waals surface area contributed by atoms with Crippen molar-refractivity contribution in [2.45, 2.75) is 31.3 Å². The van der Waals surface area contributed by atoms with Crippen molar-refractivity contribution in [3.8, 4) is 12.3 Å². The Labute approximate surface area is 126 Å². The normalized spacial score (nSPS) is 22.9. The zero-order valence-corrected chi connectivity index (χ0v) is 12.4. The van der Waals surface area contributed by atoms with Gasteiger partial charge in [0.05, 0.1) is 12.7 Å². The van der Waals surface area contributed by atoms with Crippen LogP contribution in [0.3, 0.4) is 0 Å². The molecule has 4 heteroatoms. The summed E-state index contributed by atoms with van der Waals surface area (Å²) in [6, 6.07) is 10.3. The van der Waals surface area contributed by atoms with Gasteiger partial charge in [-0.15, -0.1) is 6.42 Å². The average molecular weight is 283 g/mol. The number of anilines is 1. The van der Waals surface area contributed by atoms with Crippen LogP contribution in [0.1, 0.15) is 19.8 Å². The van der Waals surface area contributed by atoms with Gasteiger partial charge in [-0.3, -0.25) is 9.69 Å². The molecule has 0 bridgehead atoms. The van der Waals surface area contributed by atoms with Crippen LogP contribution >= 0.6 is 0 Å². The molecule has 110 valence electrons.